The van der Waals surface area contributed by atoms with Gasteiger partial charge < -0.3 is 10.2 Å². The van der Waals surface area contributed by atoms with Crippen LogP contribution in [0.5, 0.6) is 0 Å². The summed E-state index contributed by atoms with van der Waals surface area (Å²) in [4.78, 5) is 14.7. The molecule has 1 aromatic rings. The summed E-state index contributed by atoms with van der Waals surface area (Å²) >= 11 is 5.67. The van der Waals surface area contributed by atoms with Crippen LogP contribution < -0.4 is 5.32 Å². The molecule has 1 unspecified atom stereocenters. The highest BCUT2D eigenvalue weighted by molar-refractivity contribution is 14.1. The van der Waals surface area contributed by atoms with Crippen molar-refractivity contribution in [2.24, 2.45) is 0 Å². The lowest BCUT2D eigenvalue weighted by atomic mass is 10.0. The highest BCUT2D eigenvalue weighted by Gasteiger charge is 2.26. The van der Waals surface area contributed by atoms with E-state index >= 15 is 0 Å². The highest BCUT2D eigenvalue weighted by atomic mass is 127. The molecule has 2 rings (SSSR count). The molecule has 0 saturated carbocycles. The van der Waals surface area contributed by atoms with Gasteiger partial charge in [-0.15, -0.1) is 0 Å². The quantitative estimate of drug-likeness (QED) is 0.737. The lowest BCUT2D eigenvalue weighted by Gasteiger charge is -2.34. The molecule has 0 aliphatic carbocycles. The van der Waals surface area contributed by atoms with Crippen LogP contribution in [0.4, 0.5) is 0 Å². The molecule has 1 amide bonds. The number of amides is 1. The largest absolute Gasteiger partial charge is 0.335 e. The van der Waals surface area contributed by atoms with Crippen LogP contribution in [-0.4, -0.2) is 36.5 Å². The maximum atomic E-state index is 12.7. The van der Waals surface area contributed by atoms with Crippen LogP contribution in [-0.2, 0) is 0 Å². The number of piperidine rings is 1. The second-order valence-electron chi connectivity index (χ2n) is 4.72. The van der Waals surface area contributed by atoms with Crippen LogP contribution in [0.1, 0.15) is 30.1 Å². The monoisotopic (exact) mass is 436 g/mol. The fourth-order valence-electron chi connectivity index (χ4n) is 2.48. The van der Waals surface area contributed by atoms with Crippen molar-refractivity contribution in [1.29, 1.82) is 0 Å². The minimum Gasteiger partial charge on any atom is -0.335 e. The van der Waals surface area contributed by atoms with Gasteiger partial charge in [0.05, 0.1) is 5.56 Å². The highest BCUT2D eigenvalue weighted by Crippen LogP contribution is 2.22. The van der Waals surface area contributed by atoms with Crippen molar-refractivity contribution in [1.82, 2.24) is 10.2 Å². The van der Waals surface area contributed by atoms with Crippen molar-refractivity contribution in [2.75, 3.05) is 19.6 Å². The number of carbonyl (C=O) groups excluding carboxylic acids is 1. The number of halogens is 2. The zero-order chi connectivity index (χ0) is 13.8. The molecule has 1 atom stereocenters. The number of rotatable bonds is 3. The third kappa shape index (κ3) is 3.70. The number of likely N-dealkylation sites (N-methyl/N-ethyl adjacent to an activating group) is 1. The van der Waals surface area contributed by atoms with Crippen LogP contribution in [0, 0.1) is 3.57 Å². The summed E-state index contributed by atoms with van der Waals surface area (Å²) < 4.78 is 1.96. The lowest BCUT2D eigenvalue weighted by Crippen LogP contribution is -2.48. The van der Waals surface area contributed by atoms with Crippen molar-refractivity contribution in [3.63, 3.8) is 0 Å². The van der Waals surface area contributed by atoms with Gasteiger partial charge in [0.25, 0.3) is 5.91 Å². The standard InChI is InChI=1S/C14H18BrIN2O/c1-2-18(11-4-3-7-17-9-11)14(19)12-8-10(15)5-6-13(12)16/h5-6,8,11,17H,2-4,7,9H2,1H3. The average molecular weight is 437 g/mol. The Hall–Kier alpha value is -0.140. The molecular weight excluding hydrogens is 419 g/mol. The Morgan fingerprint density at radius 1 is 1.58 bits per heavy atom. The third-order valence-corrected chi connectivity index (χ3v) is 4.91. The fraction of sp³-hybridized carbons (Fsp3) is 0.500. The molecule has 0 radical (unpaired) electrons. The van der Waals surface area contributed by atoms with Gasteiger partial charge in [-0.2, -0.15) is 0 Å². The van der Waals surface area contributed by atoms with E-state index in [-0.39, 0.29) is 5.91 Å². The van der Waals surface area contributed by atoms with Crippen LogP contribution >= 0.6 is 38.5 Å². The summed E-state index contributed by atoms with van der Waals surface area (Å²) in [7, 11) is 0. The van der Waals surface area contributed by atoms with E-state index in [0.717, 1.165) is 46.1 Å². The molecule has 1 heterocycles. The predicted octanol–water partition coefficient (Wildman–Crippen LogP) is 3.27. The first-order valence-corrected chi connectivity index (χ1v) is 8.47. The molecule has 1 aliphatic rings. The van der Waals surface area contributed by atoms with E-state index in [1.54, 1.807) is 0 Å². The molecule has 0 bridgehead atoms. The number of hydrogen-bond acceptors (Lipinski definition) is 2. The van der Waals surface area contributed by atoms with E-state index in [0.29, 0.717) is 6.04 Å². The molecular formula is C14H18BrIN2O. The van der Waals surface area contributed by atoms with Gasteiger partial charge in [0.2, 0.25) is 0 Å². The maximum Gasteiger partial charge on any atom is 0.255 e. The van der Waals surface area contributed by atoms with E-state index < -0.39 is 0 Å². The molecule has 19 heavy (non-hydrogen) atoms. The zero-order valence-corrected chi connectivity index (χ0v) is 14.7. The number of benzene rings is 1. The normalized spacial score (nSPS) is 19.2. The summed E-state index contributed by atoms with van der Waals surface area (Å²) in [6.07, 6.45) is 2.24. The predicted molar refractivity (Wildman–Crippen MR) is 89.5 cm³/mol. The van der Waals surface area contributed by atoms with E-state index in [9.17, 15) is 4.79 Å². The van der Waals surface area contributed by atoms with Gasteiger partial charge in [-0.05, 0) is 67.1 Å². The zero-order valence-electron chi connectivity index (χ0n) is 11.0. The summed E-state index contributed by atoms with van der Waals surface area (Å²) in [5.41, 5.74) is 0.794. The molecule has 0 spiro atoms. The van der Waals surface area contributed by atoms with Gasteiger partial charge in [0, 0.05) is 27.2 Å². The van der Waals surface area contributed by atoms with Crippen molar-refractivity contribution in [3.05, 3.63) is 31.8 Å². The summed E-state index contributed by atoms with van der Waals surface area (Å²) in [6, 6.07) is 6.19. The van der Waals surface area contributed by atoms with Crippen molar-refractivity contribution < 1.29 is 4.79 Å². The van der Waals surface area contributed by atoms with Crippen LogP contribution in [0.3, 0.4) is 0 Å². The Morgan fingerprint density at radius 3 is 3.00 bits per heavy atom. The summed E-state index contributed by atoms with van der Waals surface area (Å²) in [6.45, 7) is 4.78. The molecule has 3 nitrogen and oxygen atoms in total. The van der Waals surface area contributed by atoms with E-state index in [2.05, 4.69) is 50.8 Å². The van der Waals surface area contributed by atoms with Crippen molar-refractivity contribution >= 4 is 44.4 Å². The molecule has 0 aromatic heterocycles. The second kappa shape index (κ2) is 7.04. The van der Waals surface area contributed by atoms with E-state index in [4.69, 9.17) is 0 Å². The van der Waals surface area contributed by atoms with Crippen LogP contribution in [0.15, 0.2) is 22.7 Å². The first-order valence-electron chi connectivity index (χ1n) is 6.60. The SMILES string of the molecule is CCN(C(=O)c1cc(Br)ccc1I)C1CCCNC1. The van der Waals surface area contributed by atoms with Gasteiger partial charge in [-0.1, -0.05) is 15.9 Å². The van der Waals surface area contributed by atoms with Crippen LogP contribution in [0.2, 0.25) is 0 Å². The molecule has 1 saturated heterocycles. The Labute approximate surface area is 136 Å². The topological polar surface area (TPSA) is 32.3 Å². The number of nitrogens with one attached hydrogen (secondary N) is 1. The van der Waals surface area contributed by atoms with Gasteiger partial charge in [0.15, 0.2) is 0 Å². The van der Waals surface area contributed by atoms with E-state index in [1.807, 2.05) is 23.1 Å². The summed E-state index contributed by atoms with van der Waals surface area (Å²) in [5, 5.41) is 3.38. The second-order valence-corrected chi connectivity index (χ2v) is 6.79. The van der Waals surface area contributed by atoms with Crippen molar-refractivity contribution in [3.8, 4) is 0 Å². The Kier molecular flexibility index (Phi) is 5.65. The Morgan fingerprint density at radius 2 is 2.37 bits per heavy atom. The van der Waals surface area contributed by atoms with Crippen LogP contribution in [0.25, 0.3) is 0 Å². The minimum atomic E-state index is 0.141. The van der Waals surface area contributed by atoms with E-state index in [1.165, 1.54) is 0 Å². The van der Waals surface area contributed by atoms with Crippen molar-refractivity contribution in [2.45, 2.75) is 25.8 Å². The molecule has 1 aromatic carbocycles. The molecule has 5 heteroatoms. The first kappa shape index (κ1) is 15.3. The van der Waals surface area contributed by atoms with Gasteiger partial charge in [0.1, 0.15) is 0 Å². The maximum absolute atomic E-state index is 12.7. The molecule has 1 fully saturated rings. The number of hydrogen-bond donors (Lipinski definition) is 1. The number of nitrogens with zero attached hydrogens (tertiary/aromatic N) is 1. The Balaban J connectivity index is 2.22. The Bertz CT molecular complexity index is 461. The fourth-order valence-corrected chi connectivity index (χ4v) is 3.41. The summed E-state index contributed by atoms with van der Waals surface area (Å²) in [5.74, 6) is 0.141. The average Bonchev–Trinajstić information content (AvgIpc) is 2.43. The smallest absolute Gasteiger partial charge is 0.255 e. The van der Waals surface area contributed by atoms with Gasteiger partial charge in [-0.3, -0.25) is 4.79 Å². The lowest BCUT2D eigenvalue weighted by molar-refractivity contribution is 0.0661. The number of carbonyl (C=O) groups is 1. The molecule has 104 valence electrons. The van der Waals surface area contributed by atoms with Gasteiger partial charge >= 0.3 is 0 Å². The first-order chi connectivity index (χ1) is 9.13. The van der Waals surface area contributed by atoms with Gasteiger partial charge in [-0.25, -0.2) is 0 Å². The molecule has 1 aliphatic heterocycles. The third-order valence-electron chi connectivity index (χ3n) is 3.47. The molecule has 1 N–H and O–H groups in total. The minimum absolute atomic E-state index is 0.141.